The molecule has 30 heavy (non-hydrogen) atoms. The Labute approximate surface area is 179 Å². The first kappa shape index (κ1) is 24.0. The minimum atomic E-state index is -1.57. The molecule has 2 aliphatic rings. The quantitative estimate of drug-likeness (QED) is 0.139. The third-order valence-corrected chi connectivity index (χ3v) is 6.96. The monoisotopic (exact) mass is 462 g/mol. The lowest BCUT2D eigenvalue weighted by Gasteiger charge is -2.31. The summed E-state index contributed by atoms with van der Waals surface area (Å²) in [5.74, 6) is -5.36. The van der Waals surface area contributed by atoms with Crippen LogP contribution in [0.5, 0.6) is 0 Å². The van der Waals surface area contributed by atoms with E-state index in [-0.39, 0.29) is 49.0 Å². The molecule has 14 heteroatoms. The Morgan fingerprint density at radius 2 is 1.40 bits per heavy atom. The van der Waals surface area contributed by atoms with E-state index < -0.39 is 47.9 Å². The van der Waals surface area contributed by atoms with Gasteiger partial charge < -0.3 is 26.6 Å². The van der Waals surface area contributed by atoms with Crippen LogP contribution in [0.3, 0.4) is 0 Å². The molecule has 4 atom stereocenters. The van der Waals surface area contributed by atoms with Crippen molar-refractivity contribution in [3.8, 4) is 0 Å². The number of carboxylic acid groups (broad SMARTS) is 2. The number of amides is 4. The Bertz CT molecular complexity index is 711. The zero-order valence-corrected chi connectivity index (χ0v) is 17.4. The molecular weight excluding hydrogens is 440 g/mol. The van der Waals surface area contributed by atoms with Gasteiger partial charge in [0, 0.05) is 24.3 Å². The number of carbonyl (C=O) groups excluding carboxylic acids is 4. The number of imide groups is 1. The van der Waals surface area contributed by atoms with Gasteiger partial charge in [-0.05, 0) is 12.8 Å². The van der Waals surface area contributed by atoms with Gasteiger partial charge in [-0.1, -0.05) is 21.6 Å². The van der Waals surface area contributed by atoms with Crippen LogP contribution >= 0.6 is 21.6 Å². The standard InChI is InChI=1S/C16H22N4O8S2/c17-7(15(25)26)5-29-30-6-10(16(27)28)20(13(23)8-1-3-11(21)18-8)14(24)9-2-4-12(22)19-9/h7-10H,1-6,17H2,(H,18,21)(H,19,22)(H,25,26)(H,27,28)/t7-,8+,9+,10-/m0/s1. The minimum absolute atomic E-state index is 0.00834. The number of carbonyl (C=O) groups is 6. The van der Waals surface area contributed by atoms with Crippen molar-refractivity contribution in [3.05, 3.63) is 0 Å². The normalized spacial score (nSPS) is 22.7. The Kier molecular flexibility index (Phi) is 8.49. The predicted octanol–water partition coefficient (Wildman–Crippen LogP) is -1.85. The number of nitrogens with two attached hydrogens (primary N) is 1. The van der Waals surface area contributed by atoms with Gasteiger partial charge in [0.25, 0.3) is 11.8 Å². The molecule has 4 amide bonds. The number of hydrogen-bond acceptors (Lipinski definition) is 9. The van der Waals surface area contributed by atoms with E-state index >= 15 is 0 Å². The molecule has 0 aromatic carbocycles. The summed E-state index contributed by atoms with van der Waals surface area (Å²) >= 11 is 0. The summed E-state index contributed by atoms with van der Waals surface area (Å²) in [5, 5.41) is 23.3. The number of nitrogens with zero attached hydrogens (tertiary/aromatic N) is 1. The van der Waals surface area contributed by atoms with Gasteiger partial charge in [-0.25, -0.2) is 4.79 Å². The fraction of sp³-hybridized carbons (Fsp3) is 0.625. The molecule has 2 rings (SSSR count). The highest BCUT2D eigenvalue weighted by Gasteiger charge is 2.43. The third kappa shape index (κ3) is 6.09. The van der Waals surface area contributed by atoms with Crippen molar-refractivity contribution in [2.24, 2.45) is 5.73 Å². The van der Waals surface area contributed by atoms with Crippen LogP contribution < -0.4 is 16.4 Å². The Balaban J connectivity index is 2.15. The molecule has 0 spiro atoms. The summed E-state index contributed by atoms with van der Waals surface area (Å²) in [7, 11) is 1.96. The van der Waals surface area contributed by atoms with Crippen LogP contribution in [0.15, 0.2) is 0 Å². The molecule has 0 unspecified atom stereocenters. The molecule has 0 aromatic rings. The Hall–Kier alpha value is -2.32. The van der Waals surface area contributed by atoms with Gasteiger partial charge in [0.05, 0.1) is 0 Å². The molecule has 0 aromatic heterocycles. The lowest BCUT2D eigenvalue weighted by Crippen LogP contribution is -2.59. The van der Waals surface area contributed by atoms with Crippen LogP contribution in [-0.4, -0.2) is 86.4 Å². The second-order valence-corrected chi connectivity index (χ2v) is 9.28. The SMILES string of the molecule is N[C@@H](CSSC[C@@H](C(=O)O)N(C(=O)[C@H]1CCC(=O)N1)C(=O)[C@H]1CCC(=O)N1)C(=O)O. The molecular formula is C16H22N4O8S2. The number of aliphatic carboxylic acids is 2. The topological polar surface area (TPSA) is 196 Å². The maximum Gasteiger partial charge on any atom is 0.327 e. The van der Waals surface area contributed by atoms with Gasteiger partial charge in [0.15, 0.2) is 0 Å². The van der Waals surface area contributed by atoms with Gasteiger partial charge in [0.2, 0.25) is 11.8 Å². The van der Waals surface area contributed by atoms with Crippen molar-refractivity contribution in [3.63, 3.8) is 0 Å². The molecule has 0 radical (unpaired) electrons. The average Bonchev–Trinajstić information content (AvgIpc) is 3.31. The zero-order chi connectivity index (χ0) is 22.4. The van der Waals surface area contributed by atoms with Crippen LogP contribution in [0.2, 0.25) is 0 Å². The molecule has 0 saturated carbocycles. The molecule has 2 fully saturated rings. The van der Waals surface area contributed by atoms with Gasteiger partial charge in [-0.15, -0.1) is 0 Å². The number of nitrogens with one attached hydrogen (secondary N) is 2. The van der Waals surface area contributed by atoms with Crippen molar-refractivity contribution in [2.75, 3.05) is 11.5 Å². The van der Waals surface area contributed by atoms with Crippen molar-refractivity contribution in [1.29, 1.82) is 0 Å². The van der Waals surface area contributed by atoms with Crippen LogP contribution in [0.25, 0.3) is 0 Å². The van der Waals surface area contributed by atoms with Crippen LogP contribution in [0.1, 0.15) is 25.7 Å². The predicted molar refractivity (Wildman–Crippen MR) is 106 cm³/mol. The van der Waals surface area contributed by atoms with Gasteiger partial charge >= 0.3 is 11.9 Å². The fourth-order valence-electron chi connectivity index (χ4n) is 2.91. The average molecular weight is 463 g/mol. The van der Waals surface area contributed by atoms with Crippen molar-refractivity contribution >= 4 is 57.2 Å². The highest BCUT2D eigenvalue weighted by Crippen LogP contribution is 2.26. The van der Waals surface area contributed by atoms with Gasteiger partial charge in [-0.3, -0.25) is 28.9 Å². The van der Waals surface area contributed by atoms with E-state index in [0.29, 0.717) is 4.90 Å². The smallest absolute Gasteiger partial charge is 0.327 e. The highest BCUT2D eigenvalue weighted by molar-refractivity contribution is 8.76. The lowest BCUT2D eigenvalue weighted by molar-refractivity contribution is -0.158. The summed E-state index contributed by atoms with van der Waals surface area (Å²) in [4.78, 5) is 72.1. The summed E-state index contributed by atoms with van der Waals surface area (Å²) in [6.45, 7) is 0. The molecule has 166 valence electrons. The van der Waals surface area contributed by atoms with Crippen LogP contribution in [-0.2, 0) is 28.8 Å². The molecule has 0 bridgehead atoms. The lowest BCUT2D eigenvalue weighted by atomic mass is 10.1. The maximum absolute atomic E-state index is 12.9. The molecule has 12 nitrogen and oxygen atoms in total. The first-order valence-electron chi connectivity index (χ1n) is 9.03. The molecule has 0 aliphatic carbocycles. The first-order chi connectivity index (χ1) is 14.1. The van der Waals surface area contributed by atoms with E-state index in [2.05, 4.69) is 10.6 Å². The van der Waals surface area contributed by atoms with Crippen LogP contribution in [0.4, 0.5) is 0 Å². The summed E-state index contributed by atoms with van der Waals surface area (Å²) < 4.78 is 0. The number of rotatable bonds is 10. The summed E-state index contributed by atoms with van der Waals surface area (Å²) in [6, 6.07) is -4.77. The Morgan fingerprint density at radius 3 is 1.77 bits per heavy atom. The molecule has 2 aliphatic heterocycles. The molecule has 2 heterocycles. The van der Waals surface area contributed by atoms with E-state index in [4.69, 9.17) is 10.8 Å². The summed E-state index contributed by atoms with van der Waals surface area (Å²) in [5.41, 5.74) is 5.39. The second-order valence-electron chi connectivity index (χ2n) is 6.73. The van der Waals surface area contributed by atoms with E-state index in [1.165, 1.54) is 0 Å². The van der Waals surface area contributed by atoms with E-state index in [0.717, 1.165) is 21.6 Å². The Morgan fingerprint density at radius 1 is 0.933 bits per heavy atom. The zero-order valence-electron chi connectivity index (χ0n) is 15.7. The van der Waals surface area contributed by atoms with Crippen molar-refractivity contribution in [2.45, 2.75) is 49.9 Å². The minimum Gasteiger partial charge on any atom is -0.480 e. The van der Waals surface area contributed by atoms with E-state index in [9.17, 15) is 33.9 Å². The second kappa shape index (κ2) is 10.6. The van der Waals surface area contributed by atoms with E-state index in [1.807, 2.05) is 0 Å². The highest BCUT2D eigenvalue weighted by atomic mass is 33.1. The maximum atomic E-state index is 12.9. The van der Waals surface area contributed by atoms with Crippen molar-refractivity contribution < 1.29 is 39.0 Å². The van der Waals surface area contributed by atoms with E-state index in [1.54, 1.807) is 0 Å². The summed E-state index contributed by atoms with van der Waals surface area (Å²) in [6.07, 6.45) is 0.405. The van der Waals surface area contributed by atoms with Crippen molar-refractivity contribution in [1.82, 2.24) is 15.5 Å². The van der Waals surface area contributed by atoms with Gasteiger partial charge in [-0.2, -0.15) is 0 Å². The largest absolute Gasteiger partial charge is 0.480 e. The van der Waals surface area contributed by atoms with Crippen LogP contribution in [0, 0.1) is 0 Å². The molecule has 2 saturated heterocycles. The fourth-order valence-corrected chi connectivity index (χ4v) is 5.22. The number of carboxylic acids is 2. The third-order valence-electron chi connectivity index (χ3n) is 4.53. The molecule has 6 N–H and O–H groups in total. The first-order valence-corrected chi connectivity index (χ1v) is 11.5. The van der Waals surface area contributed by atoms with Gasteiger partial charge in [0.1, 0.15) is 24.2 Å². The number of hydrogen-bond donors (Lipinski definition) is 5.